The van der Waals surface area contributed by atoms with Gasteiger partial charge in [-0.05, 0) is 111 Å². The molecule has 0 saturated carbocycles. The molecule has 89 heavy (non-hydrogen) atoms. The fraction of sp³-hybridized carbons (Fsp3) is 0.532. The average molecular weight is 1250 g/mol. The van der Waals surface area contributed by atoms with Crippen molar-refractivity contribution in [1.82, 2.24) is 41.0 Å². The zero-order chi connectivity index (χ0) is 64.8. The molecule has 2 saturated heterocycles. The van der Waals surface area contributed by atoms with Gasteiger partial charge in [-0.25, -0.2) is 14.6 Å². The number of carboxylic acid groups (broad SMARTS) is 1. The lowest BCUT2D eigenvalue weighted by molar-refractivity contribution is -0.272. The van der Waals surface area contributed by atoms with E-state index in [0.29, 0.717) is 47.7 Å². The van der Waals surface area contributed by atoms with Crippen LogP contribution < -0.4 is 42.2 Å². The van der Waals surface area contributed by atoms with Crippen molar-refractivity contribution in [2.75, 3.05) is 25.5 Å². The van der Waals surface area contributed by atoms with Crippen molar-refractivity contribution in [3.05, 3.63) is 87.7 Å². The molecule has 8 rings (SSSR count). The molecule has 0 bridgehead atoms. The Hall–Kier alpha value is -8.11. The molecule has 480 valence electrons. The molecule has 2 fully saturated rings. The number of pyridine rings is 2. The van der Waals surface area contributed by atoms with Crippen LogP contribution >= 0.6 is 12.2 Å². The smallest absolute Gasteiger partial charge is 0.355 e. The van der Waals surface area contributed by atoms with Gasteiger partial charge in [-0.1, -0.05) is 66.7 Å². The molecule has 26 nitrogen and oxygen atoms in total. The first-order valence-electron chi connectivity index (χ1n) is 29.9. The third-order valence-electron chi connectivity index (χ3n) is 16.2. The second kappa shape index (κ2) is 28.6. The van der Waals surface area contributed by atoms with Crippen molar-refractivity contribution in [3.63, 3.8) is 0 Å². The normalized spacial score (nSPS) is 22.4. The summed E-state index contributed by atoms with van der Waals surface area (Å²) in [6, 6.07) is 11.0. The number of likely N-dealkylation sites (tertiary alicyclic amines) is 1. The van der Waals surface area contributed by atoms with Crippen LogP contribution in [0.5, 0.6) is 5.75 Å². The number of hydrogen-bond donors (Lipinski definition) is 9. The Balaban J connectivity index is 0.877. The number of benzene rings is 2. The van der Waals surface area contributed by atoms with Crippen molar-refractivity contribution in [3.8, 4) is 17.1 Å². The third-order valence-corrected chi connectivity index (χ3v) is 16.6. The van der Waals surface area contributed by atoms with Gasteiger partial charge in [-0.2, -0.15) is 0 Å². The zero-order valence-electron chi connectivity index (χ0n) is 51.2. The highest BCUT2D eigenvalue weighted by molar-refractivity contribution is 7.80. The number of amides is 5. The van der Waals surface area contributed by atoms with Crippen LogP contribution in [0.2, 0.25) is 0 Å². The minimum absolute atomic E-state index is 0.00169. The summed E-state index contributed by atoms with van der Waals surface area (Å²) in [7, 11) is 1.37. The maximum Gasteiger partial charge on any atom is 0.355 e. The second-order valence-electron chi connectivity index (χ2n) is 24.0. The van der Waals surface area contributed by atoms with E-state index in [-0.39, 0.29) is 53.9 Å². The quantitative estimate of drug-likeness (QED) is 0.0317. The molecule has 1 unspecified atom stereocenters. The summed E-state index contributed by atoms with van der Waals surface area (Å²) in [5.74, 6) is -8.35. The number of nitrogens with one attached hydrogen (secondary N) is 6. The maximum atomic E-state index is 14.4. The summed E-state index contributed by atoms with van der Waals surface area (Å²) in [5.41, 5.74) is 0.490. The van der Waals surface area contributed by atoms with E-state index in [2.05, 4.69) is 31.9 Å². The van der Waals surface area contributed by atoms with Crippen LogP contribution in [-0.2, 0) is 76.1 Å². The first kappa shape index (κ1) is 66.8. The summed E-state index contributed by atoms with van der Waals surface area (Å²) in [6.45, 7) is 13.2. The number of para-hydroxylation sites is 1. The Morgan fingerprint density at radius 3 is 2.18 bits per heavy atom. The van der Waals surface area contributed by atoms with Crippen LogP contribution in [0.3, 0.4) is 0 Å². The number of nitrogens with zero attached hydrogens (tertiary/aromatic N) is 3. The number of cyclic esters (lactones) is 1. The first-order chi connectivity index (χ1) is 42.2. The molecule has 6 heterocycles. The van der Waals surface area contributed by atoms with E-state index in [9.17, 15) is 58.5 Å². The molecule has 0 aliphatic carbocycles. The summed E-state index contributed by atoms with van der Waals surface area (Å²) in [4.78, 5) is 131. The van der Waals surface area contributed by atoms with E-state index in [1.54, 1.807) is 76.8 Å². The fourth-order valence-electron chi connectivity index (χ4n) is 11.5. The van der Waals surface area contributed by atoms with Crippen molar-refractivity contribution in [2.45, 2.75) is 174 Å². The van der Waals surface area contributed by atoms with Gasteiger partial charge in [0.15, 0.2) is 5.11 Å². The number of aliphatic carboxylic acids is 1. The van der Waals surface area contributed by atoms with Crippen LogP contribution in [0.15, 0.2) is 65.5 Å². The van der Waals surface area contributed by atoms with Crippen LogP contribution in [0.4, 0.5) is 5.69 Å². The molecule has 0 spiro atoms. The Morgan fingerprint density at radius 2 is 1.53 bits per heavy atom. The number of hydrogen-bond acceptors (Lipinski definition) is 18. The predicted octanol–water partition coefficient (Wildman–Crippen LogP) is 2.63. The Labute approximate surface area is 519 Å². The number of esters is 2. The van der Waals surface area contributed by atoms with Gasteiger partial charge in [0.25, 0.3) is 5.56 Å². The Kier molecular flexibility index (Phi) is 21.5. The molecule has 11 atom stereocenters. The zero-order valence-corrected chi connectivity index (χ0v) is 52.0. The molecule has 4 aliphatic heterocycles. The van der Waals surface area contributed by atoms with Crippen molar-refractivity contribution >= 4 is 81.4 Å². The number of carbonyl (C=O) groups is 8. The number of carboxylic acids is 1. The van der Waals surface area contributed by atoms with Gasteiger partial charge in [0, 0.05) is 35.9 Å². The summed E-state index contributed by atoms with van der Waals surface area (Å²) in [6.07, 6.45) is -4.95. The largest absolute Gasteiger partial charge is 0.481 e. The predicted molar refractivity (Wildman–Crippen MR) is 325 cm³/mol. The highest BCUT2D eigenvalue weighted by Crippen LogP contribution is 2.41. The van der Waals surface area contributed by atoms with Crippen molar-refractivity contribution in [2.24, 2.45) is 17.8 Å². The van der Waals surface area contributed by atoms with Crippen LogP contribution in [-0.4, -0.2) is 163 Å². The minimum atomic E-state index is -2.16. The van der Waals surface area contributed by atoms with E-state index in [1.165, 1.54) is 11.7 Å². The lowest BCUT2D eigenvalue weighted by Gasteiger charge is -2.40. The number of ether oxygens (including phenoxy) is 5. The number of anilines is 1. The molecular weight excluding hydrogens is 1170 g/mol. The molecule has 2 aromatic heterocycles. The van der Waals surface area contributed by atoms with Crippen LogP contribution in [0.25, 0.3) is 22.3 Å². The Morgan fingerprint density at radius 1 is 0.854 bits per heavy atom. The molecule has 9 N–H and O–H groups in total. The minimum Gasteiger partial charge on any atom is -0.481 e. The molecule has 4 aliphatic rings. The van der Waals surface area contributed by atoms with Gasteiger partial charge < -0.3 is 80.4 Å². The van der Waals surface area contributed by atoms with E-state index in [4.69, 9.17) is 40.9 Å². The molecule has 0 radical (unpaired) electrons. The van der Waals surface area contributed by atoms with Crippen molar-refractivity contribution < 1.29 is 77.4 Å². The average Bonchev–Trinajstić information content (AvgIpc) is 1.72. The third kappa shape index (κ3) is 15.1. The first-order valence-corrected chi connectivity index (χ1v) is 30.3. The lowest BCUT2D eigenvalue weighted by Crippen LogP contribution is -2.59. The second-order valence-corrected chi connectivity index (χ2v) is 24.4. The lowest BCUT2D eigenvalue weighted by atomic mass is 9.85. The number of aliphatic hydroxyl groups excluding tert-OH is 2. The highest BCUT2D eigenvalue weighted by atomic mass is 32.1. The number of aliphatic hydroxyl groups is 2. The number of rotatable bonds is 24. The summed E-state index contributed by atoms with van der Waals surface area (Å²) >= 11 is 5.75. The summed E-state index contributed by atoms with van der Waals surface area (Å²) < 4.78 is 29.9. The van der Waals surface area contributed by atoms with Gasteiger partial charge in [0.05, 0.1) is 48.1 Å². The van der Waals surface area contributed by atoms with E-state index < -0.39 is 145 Å². The number of thiocarbonyl (C=S) groups is 1. The number of methoxy groups -OCH3 is 1. The van der Waals surface area contributed by atoms with Gasteiger partial charge in [0.1, 0.15) is 60.9 Å². The molecule has 4 aromatic rings. The number of fused-ring (bicyclic) bond motifs is 5. The van der Waals surface area contributed by atoms with Crippen molar-refractivity contribution in [1.29, 1.82) is 0 Å². The van der Waals surface area contributed by atoms with Gasteiger partial charge in [0.2, 0.25) is 41.4 Å². The standard InChI is InChI=1S/C62H79N9O17S/c1-10-62(39-25-45-49-35(24-34-14-11-12-15-40(34)66-49)28-71(45)57(81)38(39)29-85-60(62)83)88-58(82)48(32(6)7)69-55(79)43(26-47(73)74)67-54(78)42(23-31(4)5)65-46(72)27-63-53(77)41(22-30(2)3)68-56(80)44-16-13-21-70(44)61(89)64-36-17-19-37(20-18-36)87-59-51(76)52(84-9)50(75)33(8)86-59/h11-12,14-15,17-20,24-25,30-33,41-44,48,50-52,59,75-76H,10,13,16,21-23,26-29H2,1-9H3,(H,63,77)(H,64,89)(H,65,72)(H,67,78)(H,68,80)(H,69,79)(H,73,74)/t33-,41+,42-,43-,44-,48-,50+,51+,52+,59?,62+/m1/s1. The fourth-order valence-corrected chi connectivity index (χ4v) is 11.9. The van der Waals surface area contributed by atoms with Crippen LogP contribution in [0.1, 0.15) is 111 Å². The van der Waals surface area contributed by atoms with Gasteiger partial charge in [-0.3, -0.25) is 33.6 Å². The van der Waals surface area contributed by atoms with E-state index in [0.717, 1.165) is 10.9 Å². The number of carbonyl (C=O) groups excluding carboxylic acids is 7. The van der Waals surface area contributed by atoms with E-state index >= 15 is 0 Å². The van der Waals surface area contributed by atoms with Gasteiger partial charge in [-0.15, -0.1) is 0 Å². The van der Waals surface area contributed by atoms with E-state index in [1.807, 2.05) is 44.2 Å². The monoisotopic (exact) mass is 1250 g/mol. The number of aromatic nitrogens is 2. The highest BCUT2D eigenvalue weighted by Gasteiger charge is 2.52. The molecule has 27 heteroatoms. The SMILES string of the molecule is CC[C@@]1(OC(=O)[C@H](NC(=O)[C@@H](CC(=O)O)NC(=O)[C@@H](CC(C)C)NC(=O)CNC(=O)[C@H](CC(C)C)NC(=O)[C@H]2CCCN2C(=S)Nc2ccc(OC3O[C@H](C)[C@H](O)[C@H](OC)[C@@H]3O)cc2)C(C)C)C(=O)OCc2c1cc1n(c2=O)Cc2cc3ccccc3nc2-1. The summed E-state index contributed by atoms with van der Waals surface area (Å²) in [5, 5.41) is 48.1. The molecule has 2 aromatic carbocycles. The molecule has 5 amide bonds. The maximum absolute atomic E-state index is 14.4. The Bertz CT molecular complexity index is 3410. The topological polar surface area (TPSA) is 354 Å². The van der Waals surface area contributed by atoms with Gasteiger partial charge >= 0.3 is 17.9 Å². The van der Waals surface area contributed by atoms with Crippen LogP contribution in [0, 0.1) is 17.8 Å². The molecular formula is C62H79N9O17S.